The molecule has 3 N–H and O–H groups in total. The van der Waals surface area contributed by atoms with E-state index in [0.717, 1.165) is 36.6 Å². The molecule has 1 aliphatic rings. The highest BCUT2D eigenvalue weighted by Gasteiger charge is 2.37. The smallest absolute Gasteiger partial charge is 0.418 e. The number of nitrogens with zero attached hydrogens (tertiary/aromatic N) is 2. The summed E-state index contributed by atoms with van der Waals surface area (Å²) in [5.41, 5.74) is -2.73. The molecule has 0 aliphatic carbocycles. The number of aliphatic hydroxyl groups is 1. The normalized spacial score (nSPS) is 15.1. The predicted octanol–water partition coefficient (Wildman–Crippen LogP) is 5.32. The summed E-state index contributed by atoms with van der Waals surface area (Å²) in [4.78, 5) is 16.1. The van der Waals surface area contributed by atoms with E-state index in [1.54, 1.807) is 0 Å². The van der Waals surface area contributed by atoms with Gasteiger partial charge in [0.05, 0.1) is 30.7 Å². The van der Waals surface area contributed by atoms with E-state index in [-0.39, 0.29) is 37.8 Å². The molecule has 1 aliphatic heterocycles. The van der Waals surface area contributed by atoms with E-state index in [0.29, 0.717) is 6.61 Å². The topological polar surface area (TPSA) is 107 Å². The number of anilines is 1. The number of halogens is 5. The number of alkyl halides is 3. The minimum absolute atomic E-state index is 0.0376. The number of nitrogens with one attached hydrogen (secondary N) is 2. The number of pyridine rings is 1. The van der Waals surface area contributed by atoms with Gasteiger partial charge in [-0.15, -0.1) is 0 Å². The summed E-state index contributed by atoms with van der Waals surface area (Å²) >= 11 is 0. The third kappa shape index (κ3) is 7.07. The Kier molecular flexibility index (Phi) is 8.40. The van der Waals surface area contributed by atoms with Gasteiger partial charge in [-0.2, -0.15) is 13.2 Å². The van der Waals surface area contributed by atoms with Crippen LogP contribution in [0, 0.1) is 11.6 Å². The molecule has 0 bridgehead atoms. The molecule has 218 valence electrons. The number of hydrogen-bond acceptors (Lipinski definition) is 6. The van der Waals surface area contributed by atoms with Crippen LogP contribution in [0.5, 0.6) is 11.5 Å². The van der Waals surface area contributed by atoms with Crippen LogP contribution in [0.1, 0.15) is 5.56 Å². The standard InChI is InChI=1S/C25H29F5N4O5Si/c1-40(2,3)7-6-37-14-34-10-16(25(28,29)30)20-19(4-5-31-22(20)34)39-21-17(26)8-15(9-18(21)27)33-23(35)32-11-24(36)12-38-13-24/h4-5,8-10,36H,6-7,11-14H2,1-3H3,(H2,32,33,35). The van der Waals surface area contributed by atoms with E-state index in [9.17, 15) is 31.9 Å². The minimum atomic E-state index is -4.82. The van der Waals surface area contributed by atoms with Gasteiger partial charge in [0.25, 0.3) is 0 Å². The zero-order valence-corrected chi connectivity index (χ0v) is 23.0. The number of rotatable bonds is 10. The number of aromatic nitrogens is 2. The lowest BCUT2D eigenvalue weighted by atomic mass is 10.0. The molecule has 0 spiro atoms. The fraction of sp³-hybridized carbons (Fsp3) is 0.440. The van der Waals surface area contributed by atoms with E-state index in [4.69, 9.17) is 14.2 Å². The molecule has 0 unspecified atom stereocenters. The Hall–Kier alpha value is -3.27. The lowest BCUT2D eigenvalue weighted by Gasteiger charge is -2.36. The van der Waals surface area contributed by atoms with Crippen LogP contribution in [-0.4, -0.2) is 60.7 Å². The number of amides is 2. The summed E-state index contributed by atoms with van der Waals surface area (Å²) in [6, 6.07) is 2.54. The van der Waals surface area contributed by atoms with Crippen molar-refractivity contribution in [3.63, 3.8) is 0 Å². The van der Waals surface area contributed by atoms with Gasteiger partial charge in [0.1, 0.15) is 23.7 Å². The van der Waals surface area contributed by atoms with Crippen LogP contribution in [0.2, 0.25) is 25.7 Å². The molecule has 40 heavy (non-hydrogen) atoms. The molecule has 0 saturated carbocycles. The van der Waals surface area contributed by atoms with Crippen LogP contribution in [-0.2, 0) is 22.4 Å². The molecule has 3 heterocycles. The zero-order valence-electron chi connectivity index (χ0n) is 22.0. The molecule has 4 rings (SSSR count). The summed E-state index contributed by atoms with van der Waals surface area (Å²) < 4.78 is 88.5. The quantitative estimate of drug-likeness (QED) is 0.168. The third-order valence-corrected chi connectivity index (χ3v) is 7.74. The highest BCUT2D eigenvalue weighted by atomic mass is 28.3. The fourth-order valence-electron chi connectivity index (χ4n) is 3.83. The van der Waals surface area contributed by atoms with Gasteiger partial charge in [0.15, 0.2) is 17.4 Å². The van der Waals surface area contributed by atoms with Crippen molar-refractivity contribution in [2.24, 2.45) is 0 Å². The Bertz CT molecular complexity index is 1370. The lowest BCUT2D eigenvalue weighted by molar-refractivity contribution is -0.173. The van der Waals surface area contributed by atoms with Gasteiger partial charge < -0.3 is 34.5 Å². The average Bonchev–Trinajstić information content (AvgIpc) is 3.21. The molecule has 1 fully saturated rings. The molecule has 1 aromatic carbocycles. The number of carbonyl (C=O) groups excluding carboxylic acids is 1. The molecule has 15 heteroatoms. The van der Waals surface area contributed by atoms with Crippen molar-refractivity contribution in [1.82, 2.24) is 14.9 Å². The van der Waals surface area contributed by atoms with Gasteiger partial charge in [-0.3, -0.25) is 0 Å². The maximum atomic E-state index is 14.9. The van der Waals surface area contributed by atoms with Crippen LogP contribution >= 0.6 is 0 Å². The van der Waals surface area contributed by atoms with Crippen molar-refractivity contribution in [3.8, 4) is 11.5 Å². The van der Waals surface area contributed by atoms with Crippen molar-refractivity contribution in [3.05, 3.63) is 47.8 Å². The van der Waals surface area contributed by atoms with Gasteiger partial charge in [0.2, 0.25) is 0 Å². The molecule has 0 radical (unpaired) electrons. The highest BCUT2D eigenvalue weighted by molar-refractivity contribution is 6.76. The van der Waals surface area contributed by atoms with Crippen molar-refractivity contribution in [2.75, 3.05) is 31.7 Å². The number of benzene rings is 1. The average molecular weight is 589 g/mol. The van der Waals surface area contributed by atoms with Crippen LogP contribution in [0.4, 0.5) is 32.4 Å². The van der Waals surface area contributed by atoms with E-state index < -0.39 is 60.0 Å². The zero-order chi connectivity index (χ0) is 29.3. The molecule has 2 aromatic heterocycles. The molecule has 3 aromatic rings. The monoisotopic (exact) mass is 588 g/mol. The van der Waals surface area contributed by atoms with Crippen molar-refractivity contribution in [2.45, 2.75) is 44.2 Å². The third-order valence-electron chi connectivity index (χ3n) is 6.04. The molecular formula is C25H29F5N4O5Si. The van der Waals surface area contributed by atoms with Crippen molar-refractivity contribution >= 4 is 30.8 Å². The fourth-order valence-corrected chi connectivity index (χ4v) is 4.58. The lowest BCUT2D eigenvalue weighted by Crippen LogP contribution is -2.57. The number of fused-ring (bicyclic) bond motifs is 1. The minimum Gasteiger partial charge on any atom is -0.450 e. The van der Waals surface area contributed by atoms with E-state index in [2.05, 4.69) is 35.3 Å². The Morgan fingerprint density at radius 2 is 1.90 bits per heavy atom. The largest absolute Gasteiger partial charge is 0.450 e. The Labute approximate surface area is 227 Å². The number of carbonyl (C=O) groups is 1. The van der Waals surface area contributed by atoms with E-state index in [1.165, 1.54) is 4.57 Å². The van der Waals surface area contributed by atoms with E-state index >= 15 is 0 Å². The first-order valence-electron chi connectivity index (χ1n) is 12.3. The molecule has 2 amide bonds. The number of urea groups is 1. The second-order valence-corrected chi connectivity index (χ2v) is 16.4. The second kappa shape index (κ2) is 11.3. The van der Waals surface area contributed by atoms with Crippen LogP contribution in [0.3, 0.4) is 0 Å². The second-order valence-electron chi connectivity index (χ2n) is 10.8. The van der Waals surface area contributed by atoms with Gasteiger partial charge in [-0.1, -0.05) is 19.6 Å². The first-order chi connectivity index (χ1) is 18.7. The highest BCUT2D eigenvalue weighted by Crippen LogP contribution is 2.42. The molecule has 9 nitrogen and oxygen atoms in total. The first-order valence-corrected chi connectivity index (χ1v) is 16.0. The molecule has 1 saturated heterocycles. The van der Waals surface area contributed by atoms with E-state index in [1.807, 2.05) is 0 Å². The predicted molar refractivity (Wildman–Crippen MR) is 138 cm³/mol. The first kappa shape index (κ1) is 29.7. The van der Waals surface area contributed by atoms with Gasteiger partial charge in [-0.05, 0) is 12.1 Å². The van der Waals surface area contributed by atoms with Gasteiger partial charge in [0, 0.05) is 44.9 Å². The van der Waals surface area contributed by atoms with Gasteiger partial charge >= 0.3 is 12.2 Å². The Morgan fingerprint density at radius 1 is 1.23 bits per heavy atom. The van der Waals surface area contributed by atoms with Crippen LogP contribution in [0.25, 0.3) is 11.0 Å². The number of hydrogen-bond donors (Lipinski definition) is 3. The van der Waals surface area contributed by atoms with Crippen molar-refractivity contribution in [1.29, 1.82) is 0 Å². The Morgan fingerprint density at radius 3 is 2.48 bits per heavy atom. The Balaban J connectivity index is 1.55. The molecule has 0 atom stereocenters. The summed E-state index contributed by atoms with van der Waals surface area (Å²) in [6.07, 6.45) is -2.84. The number of ether oxygens (including phenoxy) is 3. The molecular weight excluding hydrogens is 559 g/mol. The maximum Gasteiger partial charge on any atom is 0.418 e. The maximum absolute atomic E-state index is 14.9. The summed E-state index contributed by atoms with van der Waals surface area (Å²) in [5.74, 6) is -3.97. The van der Waals surface area contributed by atoms with Crippen molar-refractivity contribution < 1.29 is 46.1 Å². The van der Waals surface area contributed by atoms with Crippen LogP contribution in [0.15, 0.2) is 30.6 Å². The summed E-state index contributed by atoms with van der Waals surface area (Å²) in [7, 11) is -1.42. The summed E-state index contributed by atoms with van der Waals surface area (Å²) in [5, 5.41) is 14.0. The SMILES string of the molecule is C[Si](C)(C)CCOCn1cc(C(F)(F)F)c2c(Oc3c(F)cc(NC(=O)NCC4(O)COC4)cc3F)ccnc21. The van der Waals surface area contributed by atoms with Crippen LogP contribution < -0.4 is 15.4 Å². The summed E-state index contributed by atoms with van der Waals surface area (Å²) in [6.45, 7) is 6.50. The van der Waals surface area contributed by atoms with Gasteiger partial charge in [-0.25, -0.2) is 18.6 Å².